The van der Waals surface area contributed by atoms with Crippen molar-refractivity contribution in [2.45, 2.75) is 13.3 Å². The van der Waals surface area contributed by atoms with Crippen molar-refractivity contribution in [3.63, 3.8) is 0 Å². The van der Waals surface area contributed by atoms with Gasteiger partial charge in [0.25, 0.3) is 5.91 Å². The summed E-state index contributed by atoms with van der Waals surface area (Å²) in [6.07, 6.45) is 0.900. The number of anilines is 2. The fraction of sp³-hybridized carbons (Fsp3) is 0.312. The molecule has 5 heteroatoms. The van der Waals surface area contributed by atoms with Crippen LogP contribution < -0.4 is 16.0 Å². The van der Waals surface area contributed by atoms with E-state index in [1.807, 2.05) is 25.1 Å². The fourth-order valence-electron chi connectivity index (χ4n) is 2.02. The Labute approximate surface area is 129 Å². The molecule has 3 N–H and O–H groups in total. The molecule has 1 aromatic carbocycles. The minimum Gasteiger partial charge on any atom is -0.398 e. The molecule has 0 radical (unpaired) electrons. The maximum atomic E-state index is 12.0. The number of hydrogen-bond donors (Lipinski definition) is 2. The third kappa shape index (κ3) is 4.23. The highest BCUT2D eigenvalue weighted by Gasteiger charge is 2.10. The summed E-state index contributed by atoms with van der Waals surface area (Å²) in [5.74, 6) is -0.0397. The Hall–Kier alpha value is -2.01. The Morgan fingerprint density at radius 1 is 1.33 bits per heavy atom. The van der Waals surface area contributed by atoms with Gasteiger partial charge in [0.15, 0.2) is 0 Å². The maximum Gasteiger partial charge on any atom is 0.261 e. The van der Waals surface area contributed by atoms with Crippen LogP contribution in [0.1, 0.15) is 21.0 Å². The largest absolute Gasteiger partial charge is 0.398 e. The molecule has 4 nitrogen and oxygen atoms in total. The molecule has 112 valence electrons. The summed E-state index contributed by atoms with van der Waals surface area (Å²) in [6, 6.07) is 12.0. The average Bonchev–Trinajstić information content (AvgIpc) is 2.84. The van der Waals surface area contributed by atoms with Crippen LogP contribution in [0.2, 0.25) is 0 Å². The van der Waals surface area contributed by atoms with Crippen molar-refractivity contribution in [1.82, 2.24) is 5.32 Å². The average molecular weight is 303 g/mol. The topological polar surface area (TPSA) is 58.4 Å². The summed E-state index contributed by atoms with van der Waals surface area (Å²) >= 11 is 1.44. The second-order valence-corrected chi connectivity index (χ2v) is 6.25. The van der Waals surface area contributed by atoms with Gasteiger partial charge in [0, 0.05) is 36.4 Å². The molecule has 0 bridgehead atoms. The fourth-order valence-corrected chi connectivity index (χ4v) is 2.88. The molecular weight excluding hydrogens is 282 g/mol. The summed E-state index contributed by atoms with van der Waals surface area (Å²) in [6.45, 7) is 3.48. The van der Waals surface area contributed by atoms with E-state index >= 15 is 0 Å². The van der Waals surface area contributed by atoms with Crippen LogP contribution in [0.15, 0.2) is 36.4 Å². The van der Waals surface area contributed by atoms with Gasteiger partial charge in [0.1, 0.15) is 0 Å². The Balaban J connectivity index is 1.73. The van der Waals surface area contributed by atoms with Crippen molar-refractivity contribution in [3.8, 4) is 0 Å². The molecule has 1 aromatic heterocycles. The number of para-hydroxylation sites is 1. The van der Waals surface area contributed by atoms with E-state index in [2.05, 4.69) is 29.4 Å². The monoisotopic (exact) mass is 303 g/mol. The van der Waals surface area contributed by atoms with Gasteiger partial charge in [-0.25, -0.2) is 0 Å². The van der Waals surface area contributed by atoms with E-state index in [0.29, 0.717) is 17.1 Å². The van der Waals surface area contributed by atoms with E-state index in [-0.39, 0.29) is 5.91 Å². The summed E-state index contributed by atoms with van der Waals surface area (Å²) < 4.78 is 0. The van der Waals surface area contributed by atoms with Gasteiger partial charge >= 0.3 is 0 Å². The van der Waals surface area contributed by atoms with Gasteiger partial charge in [-0.2, -0.15) is 0 Å². The second-order valence-electron chi connectivity index (χ2n) is 4.99. The zero-order valence-corrected chi connectivity index (χ0v) is 13.2. The van der Waals surface area contributed by atoms with Gasteiger partial charge in [-0.1, -0.05) is 18.2 Å². The molecule has 0 atom stereocenters. The minimum atomic E-state index is -0.0397. The van der Waals surface area contributed by atoms with Gasteiger partial charge in [-0.15, -0.1) is 11.3 Å². The SMILES string of the molecule is Cc1sc(C(=O)NCCCN(C)c2ccccc2)cc1N. The standard InChI is InChI=1S/C16H21N3OS/c1-12-14(17)11-15(21-12)16(20)18-9-6-10-19(2)13-7-4-3-5-8-13/h3-5,7-8,11H,6,9-10,17H2,1-2H3,(H,18,20). The number of carbonyl (C=O) groups excluding carboxylic acids is 1. The zero-order valence-electron chi connectivity index (χ0n) is 12.4. The summed E-state index contributed by atoms with van der Waals surface area (Å²) in [7, 11) is 2.06. The molecule has 1 heterocycles. The number of amides is 1. The third-order valence-corrected chi connectivity index (χ3v) is 4.40. The molecule has 0 unspecified atom stereocenters. The molecular formula is C16H21N3OS. The molecule has 1 amide bonds. The molecule has 0 saturated carbocycles. The molecule has 2 rings (SSSR count). The van der Waals surface area contributed by atoms with Gasteiger partial charge < -0.3 is 16.0 Å². The van der Waals surface area contributed by atoms with Crippen LogP contribution in [0, 0.1) is 6.92 Å². The van der Waals surface area contributed by atoms with Gasteiger partial charge in [-0.05, 0) is 31.5 Å². The lowest BCUT2D eigenvalue weighted by molar-refractivity contribution is 0.0957. The summed E-state index contributed by atoms with van der Waals surface area (Å²) in [5, 5.41) is 2.94. The Morgan fingerprint density at radius 3 is 2.67 bits per heavy atom. The van der Waals surface area contributed by atoms with Crippen LogP contribution in [0.5, 0.6) is 0 Å². The van der Waals surface area contributed by atoms with Crippen molar-refractivity contribution in [1.29, 1.82) is 0 Å². The van der Waals surface area contributed by atoms with Gasteiger partial charge in [0.2, 0.25) is 0 Å². The van der Waals surface area contributed by atoms with Crippen LogP contribution in [-0.2, 0) is 0 Å². The Kier molecular flexibility index (Phi) is 5.22. The molecule has 21 heavy (non-hydrogen) atoms. The first-order valence-electron chi connectivity index (χ1n) is 6.98. The van der Waals surface area contributed by atoms with Gasteiger partial charge in [0.05, 0.1) is 4.88 Å². The predicted octanol–water partition coefficient (Wildman–Crippen LogP) is 2.90. The van der Waals surface area contributed by atoms with Crippen LogP contribution in [0.25, 0.3) is 0 Å². The number of hydrogen-bond acceptors (Lipinski definition) is 4. The number of nitrogen functional groups attached to an aromatic ring is 1. The Morgan fingerprint density at radius 2 is 2.05 bits per heavy atom. The van der Waals surface area contributed by atoms with E-state index in [9.17, 15) is 4.79 Å². The lowest BCUT2D eigenvalue weighted by Crippen LogP contribution is -2.27. The van der Waals surface area contributed by atoms with Crippen molar-refractivity contribution in [3.05, 3.63) is 46.2 Å². The van der Waals surface area contributed by atoms with E-state index in [4.69, 9.17) is 5.73 Å². The molecule has 0 aliphatic rings. The molecule has 0 spiro atoms. The van der Waals surface area contributed by atoms with Crippen LogP contribution in [0.3, 0.4) is 0 Å². The van der Waals surface area contributed by atoms with E-state index < -0.39 is 0 Å². The van der Waals surface area contributed by atoms with Crippen molar-refractivity contribution in [2.75, 3.05) is 30.8 Å². The van der Waals surface area contributed by atoms with Crippen LogP contribution in [0.4, 0.5) is 11.4 Å². The number of benzene rings is 1. The number of nitrogens with zero attached hydrogens (tertiary/aromatic N) is 1. The normalized spacial score (nSPS) is 10.4. The minimum absolute atomic E-state index is 0.0397. The first kappa shape index (κ1) is 15.4. The highest BCUT2D eigenvalue weighted by Crippen LogP contribution is 2.23. The molecule has 0 aliphatic heterocycles. The van der Waals surface area contributed by atoms with Crippen LogP contribution in [-0.4, -0.2) is 26.0 Å². The van der Waals surface area contributed by atoms with E-state index in [1.165, 1.54) is 17.0 Å². The smallest absolute Gasteiger partial charge is 0.261 e. The number of nitrogens with one attached hydrogen (secondary N) is 1. The number of thiophene rings is 1. The number of aryl methyl sites for hydroxylation is 1. The number of carbonyl (C=O) groups is 1. The second kappa shape index (κ2) is 7.13. The van der Waals surface area contributed by atoms with E-state index in [1.54, 1.807) is 6.07 Å². The zero-order chi connectivity index (χ0) is 15.2. The molecule has 0 fully saturated rings. The highest BCUT2D eigenvalue weighted by molar-refractivity contribution is 7.14. The Bertz CT molecular complexity index is 575. The lowest BCUT2D eigenvalue weighted by Gasteiger charge is -2.19. The summed E-state index contributed by atoms with van der Waals surface area (Å²) in [5.41, 5.74) is 7.64. The highest BCUT2D eigenvalue weighted by atomic mass is 32.1. The van der Waals surface area contributed by atoms with Crippen molar-refractivity contribution in [2.24, 2.45) is 0 Å². The molecule has 0 saturated heterocycles. The van der Waals surface area contributed by atoms with E-state index in [0.717, 1.165) is 17.8 Å². The third-order valence-electron chi connectivity index (χ3n) is 3.33. The first-order chi connectivity index (χ1) is 10.1. The molecule has 2 aromatic rings. The molecule has 0 aliphatic carbocycles. The summed E-state index contributed by atoms with van der Waals surface area (Å²) in [4.78, 5) is 15.8. The number of rotatable bonds is 6. The van der Waals surface area contributed by atoms with Crippen molar-refractivity contribution >= 4 is 28.6 Å². The first-order valence-corrected chi connectivity index (χ1v) is 7.80. The van der Waals surface area contributed by atoms with Crippen LogP contribution >= 0.6 is 11.3 Å². The lowest BCUT2D eigenvalue weighted by atomic mass is 10.3. The predicted molar refractivity (Wildman–Crippen MR) is 90.1 cm³/mol. The van der Waals surface area contributed by atoms with Gasteiger partial charge in [-0.3, -0.25) is 4.79 Å². The van der Waals surface area contributed by atoms with Crippen molar-refractivity contribution < 1.29 is 4.79 Å². The quantitative estimate of drug-likeness (QED) is 0.807. The number of nitrogens with two attached hydrogens (primary N) is 1. The maximum absolute atomic E-state index is 12.0.